The lowest BCUT2D eigenvalue weighted by molar-refractivity contribution is -0.118. The van der Waals surface area contributed by atoms with Crippen LogP contribution in [0, 0.1) is 0 Å². The summed E-state index contributed by atoms with van der Waals surface area (Å²) >= 11 is 0. The Morgan fingerprint density at radius 2 is 2.07 bits per heavy atom. The molecule has 0 radical (unpaired) electrons. The molecule has 148 valence electrons. The van der Waals surface area contributed by atoms with Gasteiger partial charge in [0, 0.05) is 30.8 Å². The lowest BCUT2D eigenvalue weighted by Crippen LogP contribution is -2.48. The summed E-state index contributed by atoms with van der Waals surface area (Å²) in [5, 5.41) is 6.10. The van der Waals surface area contributed by atoms with E-state index in [9.17, 15) is 9.59 Å². The van der Waals surface area contributed by atoms with Crippen LogP contribution in [0.4, 0.5) is 5.69 Å². The minimum absolute atomic E-state index is 0. The third-order valence-electron chi connectivity index (χ3n) is 4.86. The summed E-state index contributed by atoms with van der Waals surface area (Å²) < 4.78 is 10.9. The maximum Gasteiger partial charge on any atom is 0.262 e. The van der Waals surface area contributed by atoms with Gasteiger partial charge >= 0.3 is 0 Å². The Hall–Kier alpha value is -2.77. The summed E-state index contributed by atoms with van der Waals surface area (Å²) in [7, 11) is 1.63. The van der Waals surface area contributed by atoms with E-state index in [1.807, 2.05) is 29.2 Å². The van der Waals surface area contributed by atoms with Gasteiger partial charge in [0.1, 0.15) is 11.5 Å². The third kappa shape index (κ3) is 3.76. The number of para-hydroxylation sites is 1. The zero-order valence-electron chi connectivity index (χ0n) is 15.4. The number of nitrogens with one attached hydrogen (secondary N) is 2. The highest BCUT2D eigenvalue weighted by Crippen LogP contribution is 2.33. The molecule has 1 fully saturated rings. The fraction of sp³-hybridized carbons (Fsp3) is 0.300. The van der Waals surface area contributed by atoms with Crippen molar-refractivity contribution in [2.45, 2.75) is 6.04 Å². The Kier molecular flexibility index (Phi) is 6.06. The molecule has 7 nitrogen and oxygen atoms in total. The summed E-state index contributed by atoms with van der Waals surface area (Å²) in [5.74, 6) is 1.03. The number of hydrogen-bond acceptors (Lipinski definition) is 5. The Morgan fingerprint density at radius 3 is 2.89 bits per heavy atom. The average Bonchev–Trinajstić information content (AvgIpc) is 2.72. The Morgan fingerprint density at radius 1 is 1.25 bits per heavy atom. The highest BCUT2D eigenvalue weighted by atomic mass is 35.5. The Labute approximate surface area is 169 Å². The summed E-state index contributed by atoms with van der Waals surface area (Å²) in [4.78, 5) is 26.7. The van der Waals surface area contributed by atoms with Gasteiger partial charge < -0.3 is 25.0 Å². The van der Waals surface area contributed by atoms with Gasteiger partial charge in [0.05, 0.1) is 18.8 Å². The highest BCUT2D eigenvalue weighted by Gasteiger charge is 2.31. The molecule has 0 aromatic heterocycles. The smallest absolute Gasteiger partial charge is 0.262 e. The molecule has 2 N–H and O–H groups in total. The molecule has 1 saturated heterocycles. The topological polar surface area (TPSA) is 79.9 Å². The summed E-state index contributed by atoms with van der Waals surface area (Å²) in [6.45, 7) is 1.95. The fourth-order valence-corrected chi connectivity index (χ4v) is 3.55. The number of anilines is 1. The van der Waals surface area contributed by atoms with Gasteiger partial charge in [0.2, 0.25) is 0 Å². The van der Waals surface area contributed by atoms with Crippen molar-refractivity contribution in [1.29, 1.82) is 0 Å². The first kappa shape index (κ1) is 20.0. The number of amides is 2. The Bertz CT molecular complexity index is 890. The van der Waals surface area contributed by atoms with Crippen molar-refractivity contribution >= 4 is 29.9 Å². The molecule has 1 unspecified atom stereocenters. The number of nitrogens with zero attached hydrogens (tertiary/aromatic N) is 1. The second kappa shape index (κ2) is 8.50. The van der Waals surface area contributed by atoms with Gasteiger partial charge in [-0.05, 0) is 24.3 Å². The van der Waals surface area contributed by atoms with E-state index in [1.165, 1.54) is 0 Å². The Balaban J connectivity index is 0.00000225. The van der Waals surface area contributed by atoms with Gasteiger partial charge in [-0.25, -0.2) is 0 Å². The number of benzene rings is 2. The monoisotopic (exact) mass is 403 g/mol. The molecule has 0 spiro atoms. The number of carbonyl (C=O) groups excluding carboxylic acids is 2. The van der Waals surface area contributed by atoms with Gasteiger partial charge in [-0.1, -0.05) is 18.2 Å². The van der Waals surface area contributed by atoms with Crippen molar-refractivity contribution in [3.63, 3.8) is 0 Å². The predicted octanol–water partition coefficient (Wildman–Crippen LogP) is 2.23. The van der Waals surface area contributed by atoms with Crippen molar-refractivity contribution in [3.05, 3.63) is 53.6 Å². The van der Waals surface area contributed by atoms with E-state index in [0.29, 0.717) is 30.1 Å². The number of rotatable bonds is 3. The molecule has 0 saturated carbocycles. The molecule has 2 aromatic rings. The molecule has 8 heteroatoms. The molecule has 2 heterocycles. The molecule has 4 rings (SSSR count). The predicted molar refractivity (Wildman–Crippen MR) is 107 cm³/mol. The highest BCUT2D eigenvalue weighted by molar-refractivity contribution is 6.00. The van der Waals surface area contributed by atoms with Crippen molar-refractivity contribution in [3.8, 4) is 11.5 Å². The largest absolute Gasteiger partial charge is 0.496 e. The van der Waals surface area contributed by atoms with Crippen LogP contribution in [-0.4, -0.2) is 50.1 Å². The van der Waals surface area contributed by atoms with E-state index in [1.54, 1.807) is 25.3 Å². The van der Waals surface area contributed by atoms with Crippen molar-refractivity contribution in [2.24, 2.45) is 0 Å². The van der Waals surface area contributed by atoms with Crippen LogP contribution in [-0.2, 0) is 4.79 Å². The molecule has 28 heavy (non-hydrogen) atoms. The van der Waals surface area contributed by atoms with Crippen molar-refractivity contribution in [2.75, 3.05) is 38.7 Å². The quantitative estimate of drug-likeness (QED) is 0.821. The summed E-state index contributed by atoms with van der Waals surface area (Å²) in [6.07, 6.45) is 0. The normalized spacial score (nSPS) is 18.2. The first-order valence-corrected chi connectivity index (χ1v) is 8.88. The minimum atomic E-state index is -0.221. The van der Waals surface area contributed by atoms with Crippen LogP contribution in [0.5, 0.6) is 11.5 Å². The minimum Gasteiger partial charge on any atom is -0.496 e. The zero-order chi connectivity index (χ0) is 18.8. The van der Waals surface area contributed by atoms with E-state index >= 15 is 0 Å². The molecule has 2 aliphatic rings. The lowest BCUT2D eigenvalue weighted by Gasteiger charge is -2.37. The molecular formula is C20H22ClN3O4. The number of methoxy groups -OCH3 is 1. The third-order valence-corrected chi connectivity index (χ3v) is 4.86. The molecule has 2 aromatic carbocycles. The first-order valence-electron chi connectivity index (χ1n) is 8.88. The van der Waals surface area contributed by atoms with Crippen LogP contribution < -0.4 is 20.1 Å². The number of halogens is 1. The molecule has 0 aliphatic carbocycles. The van der Waals surface area contributed by atoms with E-state index in [4.69, 9.17) is 9.47 Å². The van der Waals surface area contributed by atoms with E-state index < -0.39 is 0 Å². The number of ether oxygens (including phenoxy) is 2. The average molecular weight is 404 g/mol. The van der Waals surface area contributed by atoms with Crippen LogP contribution >= 0.6 is 12.4 Å². The van der Waals surface area contributed by atoms with Crippen LogP contribution in [0.1, 0.15) is 22.0 Å². The SMILES string of the molecule is COc1ccccc1C1CNCCN1C(=O)c1ccc2c(c1)NC(=O)CO2.Cl. The first-order chi connectivity index (χ1) is 13.2. The molecule has 2 aliphatic heterocycles. The van der Waals surface area contributed by atoms with Crippen LogP contribution in [0.15, 0.2) is 42.5 Å². The fourth-order valence-electron chi connectivity index (χ4n) is 3.55. The maximum atomic E-state index is 13.3. The number of piperazine rings is 1. The van der Waals surface area contributed by atoms with E-state index in [-0.39, 0.29) is 36.9 Å². The molecule has 0 bridgehead atoms. The van der Waals surface area contributed by atoms with Crippen molar-refractivity contribution < 1.29 is 19.1 Å². The van der Waals surface area contributed by atoms with Gasteiger partial charge in [0.25, 0.3) is 11.8 Å². The van der Waals surface area contributed by atoms with Gasteiger partial charge in [0.15, 0.2) is 6.61 Å². The second-order valence-corrected chi connectivity index (χ2v) is 6.51. The molecule has 1 atom stereocenters. The number of fused-ring (bicyclic) bond motifs is 1. The van der Waals surface area contributed by atoms with E-state index in [2.05, 4.69) is 10.6 Å². The summed E-state index contributed by atoms with van der Waals surface area (Å²) in [6, 6.07) is 12.7. The van der Waals surface area contributed by atoms with Crippen LogP contribution in [0.25, 0.3) is 0 Å². The van der Waals surface area contributed by atoms with Crippen molar-refractivity contribution in [1.82, 2.24) is 10.2 Å². The molecule has 2 amide bonds. The van der Waals surface area contributed by atoms with Gasteiger partial charge in [-0.15, -0.1) is 12.4 Å². The standard InChI is InChI=1S/C20H21N3O4.ClH/c1-26-17-5-3-2-4-14(17)16-11-21-8-9-23(16)20(25)13-6-7-18-15(10-13)22-19(24)12-27-18;/h2-7,10,16,21H,8-9,11-12H2,1H3,(H,22,24);1H. The van der Waals surface area contributed by atoms with Crippen LogP contribution in [0.3, 0.4) is 0 Å². The van der Waals surface area contributed by atoms with Gasteiger partial charge in [-0.3, -0.25) is 9.59 Å². The zero-order valence-corrected chi connectivity index (χ0v) is 16.3. The van der Waals surface area contributed by atoms with Crippen LogP contribution in [0.2, 0.25) is 0 Å². The lowest BCUT2D eigenvalue weighted by atomic mass is 10.0. The van der Waals surface area contributed by atoms with Gasteiger partial charge in [-0.2, -0.15) is 0 Å². The number of hydrogen-bond donors (Lipinski definition) is 2. The maximum absolute atomic E-state index is 13.3. The number of carbonyl (C=O) groups is 2. The second-order valence-electron chi connectivity index (χ2n) is 6.51. The molecular weight excluding hydrogens is 382 g/mol. The van der Waals surface area contributed by atoms with E-state index in [0.717, 1.165) is 17.9 Å². The summed E-state index contributed by atoms with van der Waals surface area (Å²) in [5.41, 5.74) is 2.01.